The zero-order valence-corrected chi connectivity index (χ0v) is 9.84. The van der Waals surface area contributed by atoms with Gasteiger partial charge >= 0.3 is 0 Å². The van der Waals surface area contributed by atoms with Crippen LogP contribution in [-0.2, 0) is 4.79 Å². The third-order valence-electron chi connectivity index (χ3n) is 2.56. The van der Waals surface area contributed by atoms with Crippen LogP contribution in [0.1, 0.15) is 40.5 Å². The van der Waals surface area contributed by atoms with E-state index in [-0.39, 0.29) is 17.9 Å². The number of carbonyl (C=O) groups excluding carboxylic acids is 1. The molecule has 14 heavy (non-hydrogen) atoms. The molecule has 0 spiro atoms. The van der Waals surface area contributed by atoms with Gasteiger partial charge in [0.25, 0.3) is 0 Å². The second-order valence-corrected chi connectivity index (χ2v) is 4.28. The lowest BCUT2D eigenvalue weighted by Crippen LogP contribution is -2.45. The van der Waals surface area contributed by atoms with Gasteiger partial charge in [0.05, 0.1) is 0 Å². The molecule has 3 nitrogen and oxygen atoms in total. The molecule has 0 heterocycles. The molecule has 0 radical (unpaired) electrons. The van der Waals surface area contributed by atoms with Crippen LogP contribution >= 0.6 is 0 Å². The zero-order chi connectivity index (χ0) is 11.1. The van der Waals surface area contributed by atoms with E-state index < -0.39 is 0 Å². The van der Waals surface area contributed by atoms with Crippen molar-refractivity contribution in [2.75, 3.05) is 6.54 Å². The summed E-state index contributed by atoms with van der Waals surface area (Å²) in [6.45, 7) is 8.71. The lowest BCUT2D eigenvalue weighted by molar-refractivity contribution is -0.125. The Morgan fingerprint density at radius 1 is 1.36 bits per heavy atom. The van der Waals surface area contributed by atoms with Crippen LogP contribution in [0.5, 0.6) is 0 Å². The fraction of sp³-hybridized carbons (Fsp3) is 0.909. The van der Waals surface area contributed by atoms with E-state index in [2.05, 4.69) is 26.1 Å². The van der Waals surface area contributed by atoms with E-state index in [1.54, 1.807) is 0 Å². The minimum absolute atomic E-state index is 0.104. The second-order valence-electron chi connectivity index (χ2n) is 4.28. The summed E-state index contributed by atoms with van der Waals surface area (Å²) in [6.07, 6.45) is 1.99. The predicted octanol–water partition coefficient (Wildman–Crippen LogP) is 1.52. The van der Waals surface area contributed by atoms with Crippen molar-refractivity contribution in [3.63, 3.8) is 0 Å². The molecule has 3 heteroatoms. The molecule has 0 aromatic rings. The molecule has 0 fully saturated rings. The monoisotopic (exact) mass is 200 g/mol. The van der Waals surface area contributed by atoms with E-state index >= 15 is 0 Å². The first-order chi connectivity index (χ1) is 6.52. The molecule has 0 rings (SSSR count). The molecule has 1 amide bonds. The van der Waals surface area contributed by atoms with Gasteiger partial charge < -0.3 is 11.1 Å². The summed E-state index contributed by atoms with van der Waals surface area (Å²) in [4.78, 5) is 11.6. The van der Waals surface area contributed by atoms with Crippen molar-refractivity contribution in [3.05, 3.63) is 0 Å². The van der Waals surface area contributed by atoms with Crippen molar-refractivity contribution in [1.82, 2.24) is 5.32 Å². The summed E-state index contributed by atoms with van der Waals surface area (Å²) in [6, 6.07) is 0.113. The molecule has 0 aliphatic heterocycles. The molecule has 2 atom stereocenters. The topological polar surface area (TPSA) is 55.1 Å². The van der Waals surface area contributed by atoms with Crippen LogP contribution < -0.4 is 11.1 Å². The van der Waals surface area contributed by atoms with Crippen molar-refractivity contribution in [2.45, 2.75) is 46.6 Å². The van der Waals surface area contributed by atoms with Gasteiger partial charge in [-0.05, 0) is 12.3 Å². The van der Waals surface area contributed by atoms with Crippen LogP contribution in [0.25, 0.3) is 0 Å². The third-order valence-corrected chi connectivity index (χ3v) is 2.56. The Labute approximate surface area is 87.4 Å². The highest BCUT2D eigenvalue weighted by Crippen LogP contribution is 2.07. The SMILES string of the molecule is CCCC(C)C(=O)NC(CN)C(C)C. The largest absolute Gasteiger partial charge is 0.352 e. The Morgan fingerprint density at radius 3 is 2.29 bits per heavy atom. The molecule has 0 saturated heterocycles. The quantitative estimate of drug-likeness (QED) is 0.683. The Balaban J connectivity index is 4.01. The van der Waals surface area contributed by atoms with Crippen molar-refractivity contribution >= 4 is 5.91 Å². The fourth-order valence-corrected chi connectivity index (χ4v) is 1.39. The van der Waals surface area contributed by atoms with Crippen molar-refractivity contribution in [3.8, 4) is 0 Å². The Morgan fingerprint density at radius 2 is 1.93 bits per heavy atom. The van der Waals surface area contributed by atoms with Crippen LogP contribution in [0.4, 0.5) is 0 Å². The van der Waals surface area contributed by atoms with Crippen molar-refractivity contribution in [1.29, 1.82) is 0 Å². The Kier molecular flexibility index (Phi) is 6.54. The number of nitrogens with two attached hydrogens (primary N) is 1. The van der Waals surface area contributed by atoms with Gasteiger partial charge in [0.1, 0.15) is 0 Å². The molecule has 0 aromatic heterocycles. The maximum absolute atomic E-state index is 11.6. The zero-order valence-electron chi connectivity index (χ0n) is 9.84. The number of amides is 1. The van der Waals surface area contributed by atoms with Crippen molar-refractivity contribution in [2.24, 2.45) is 17.6 Å². The second kappa shape index (κ2) is 6.82. The maximum Gasteiger partial charge on any atom is 0.223 e. The van der Waals surface area contributed by atoms with Crippen LogP contribution in [0.3, 0.4) is 0 Å². The standard InChI is InChI=1S/C11H24N2O/c1-5-6-9(4)11(14)13-10(7-12)8(2)3/h8-10H,5-7,12H2,1-4H3,(H,13,14). The van der Waals surface area contributed by atoms with E-state index in [0.29, 0.717) is 12.5 Å². The lowest BCUT2D eigenvalue weighted by Gasteiger charge is -2.22. The molecule has 0 aromatic carbocycles. The minimum atomic E-state index is 0.104. The van der Waals surface area contributed by atoms with Gasteiger partial charge in [0.2, 0.25) is 5.91 Å². The molecular weight excluding hydrogens is 176 g/mol. The molecule has 3 N–H and O–H groups in total. The van der Waals surface area contributed by atoms with Gasteiger partial charge in [-0.2, -0.15) is 0 Å². The van der Waals surface area contributed by atoms with Crippen LogP contribution in [0.2, 0.25) is 0 Å². The summed E-state index contributed by atoms with van der Waals surface area (Å²) in [5, 5.41) is 2.99. The average molecular weight is 200 g/mol. The van der Waals surface area contributed by atoms with E-state index in [9.17, 15) is 4.79 Å². The Hall–Kier alpha value is -0.570. The molecule has 0 aliphatic rings. The van der Waals surface area contributed by atoms with E-state index in [4.69, 9.17) is 5.73 Å². The maximum atomic E-state index is 11.6. The number of carbonyl (C=O) groups is 1. The fourth-order valence-electron chi connectivity index (χ4n) is 1.39. The summed E-state index contributed by atoms with van der Waals surface area (Å²) in [5.74, 6) is 0.640. The van der Waals surface area contributed by atoms with Crippen LogP contribution in [0, 0.1) is 11.8 Å². The molecular formula is C11H24N2O. The molecule has 84 valence electrons. The summed E-state index contributed by atoms with van der Waals surface area (Å²) in [7, 11) is 0. The summed E-state index contributed by atoms with van der Waals surface area (Å²) in [5.41, 5.74) is 5.58. The summed E-state index contributed by atoms with van der Waals surface area (Å²) >= 11 is 0. The molecule has 0 saturated carbocycles. The third kappa shape index (κ3) is 4.61. The van der Waals surface area contributed by atoms with Gasteiger partial charge in [-0.15, -0.1) is 0 Å². The first kappa shape index (κ1) is 13.4. The van der Waals surface area contributed by atoms with E-state index in [1.807, 2.05) is 6.92 Å². The highest BCUT2D eigenvalue weighted by Gasteiger charge is 2.17. The number of nitrogens with one attached hydrogen (secondary N) is 1. The van der Waals surface area contributed by atoms with E-state index in [1.165, 1.54) is 0 Å². The van der Waals surface area contributed by atoms with E-state index in [0.717, 1.165) is 12.8 Å². The molecule has 2 unspecified atom stereocenters. The van der Waals surface area contributed by atoms with Gasteiger partial charge in [-0.3, -0.25) is 4.79 Å². The number of hydrogen-bond donors (Lipinski definition) is 2. The number of rotatable bonds is 6. The van der Waals surface area contributed by atoms with Gasteiger partial charge in [-0.1, -0.05) is 34.1 Å². The van der Waals surface area contributed by atoms with Crippen LogP contribution in [-0.4, -0.2) is 18.5 Å². The van der Waals surface area contributed by atoms with Gasteiger partial charge in [0, 0.05) is 18.5 Å². The lowest BCUT2D eigenvalue weighted by atomic mass is 10.0. The Bertz CT molecular complexity index is 169. The highest BCUT2D eigenvalue weighted by molar-refractivity contribution is 5.78. The average Bonchev–Trinajstić information content (AvgIpc) is 2.13. The highest BCUT2D eigenvalue weighted by atomic mass is 16.1. The van der Waals surface area contributed by atoms with Gasteiger partial charge in [0.15, 0.2) is 0 Å². The van der Waals surface area contributed by atoms with Crippen molar-refractivity contribution < 1.29 is 4.79 Å². The van der Waals surface area contributed by atoms with Gasteiger partial charge in [-0.25, -0.2) is 0 Å². The molecule has 0 bridgehead atoms. The predicted molar refractivity (Wildman–Crippen MR) is 59.9 cm³/mol. The molecule has 0 aliphatic carbocycles. The normalized spacial score (nSPS) is 15.3. The first-order valence-corrected chi connectivity index (χ1v) is 5.53. The smallest absolute Gasteiger partial charge is 0.223 e. The first-order valence-electron chi connectivity index (χ1n) is 5.53. The minimum Gasteiger partial charge on any atom is -0.352 e. The number of hydrogen-bond acceptors (Lipinski definition) is 2. The summed E-state index contributed by atoms with van der Waals surface area (Å²) < 4.78 is 0. The van der Waals surface area contributed by atoms with Crippen LogP contribution in [0.15, 0.2) is 0 Å².